The Bertz CT molecular complexity index is 739. The number of piperidine rings is 1. The Labute approximate surface area is 159 Å². The number of benzene rings is 1. The molecule has 1 amide bonds. The highest BCUT2D eigenvalue weighted by Crippen LogP contribution is 2.26. The van der Waals surface area contributed by atoms with Gasteiger partial charge in [0.25, 0.3) is 0 Å². The highest BCUT2D eigenvalue weighted by Gasteiger charge is 2.32. The molecule has 26 heavy (non-hydrogen) atoms. The minimum atomic E-state index is -3.43. The molecule has 1 fully saturated rings. The van der Waals surface area contributed by atoms with Gasteiger partial charge >= 0.3 is 5.97 Å². The molecule has 0 aliphatic carbocycles. The summed E-state index contributed by atoms with van der Waals surface area (Å²) in [4.78, 5) is 24.9. The second kappa shape index (κ2) is 8.86. The molecule has 1 saturated heterocycles. The van der Waals surface area contributed by atoms with E-state index in [1.165, 1.54) is 12.1 Å². The number of amides is 1. The third-order valence-corrected chi connectivity index (χ3v) is 7.28. The van der Waals surface area contributed by atoms with Crippen LogP contribution in [0.4, 0.5) is 0 Å². The second-order valence-corrected chi connectivity index (χ2v) is 9.49. The molecule has 0 saturated carbocycles. The fourth-order valence-electron chi connectivity index (χ4n) is 3.16. The quantitative estimate of drug-likeness (QED) is 0.758. The molecule has 0 radical (unpaired) electrons. The lowest BCUT2D eigenvalue weighted by atomic mass is 10.0. The van der Waals surface area contributed by atoms with Crippen LogP contribution in [0.15, 0.2) is 29.2 Å². The van der Waals surface area contributed by atoms with Crippen LogP contribution in [0.25, 0.3) is 0 Å². The summed E-state index contributed by atoms with van der Waals surface area (Å²) >= 11 is 5.81. The van der Waals surface area contributed by atoms with Crippen LogP contribution < -0.4 is 0 Å². The number of carbonyl (C=O) groups excluding carboxylic acids is 1. The summed E-state index contributed by atoms with van der Waals surface area (Å²) in [5, 5.41) is 8.74. The molecule has 8 heteroatoms. The number of carboxylic acids is 1. The number of aliphatic carboxylic acids is 1. The number of hydrogen-bond acceptors (Lipinski definition) is 4. The number of likely N-dealkylation sites (tertiary alicyclic amines) is 1. The Morgan fingerprint density at radius 2 is 1.81 bits per heavy atom. The first kappa shape index (κ1) is 20.7. The van der Waals surface area contributed by atoms with E-state index in [0.717, 1.165) is 0 Å². The van der Waals surface area contributed by atoms with E-state index in [2.05, 4.69) is 0 Å². The van der Waals surface area contributed by atoms with Gasteiger partial charge < -0.3 is 10.0 Å². The molecule has 0 bridgehead atoms. The van der Waals surface area contributed by atoms with Gasteiger partial charge in [-0.25, -0.2) is 8.42 Å². The predicted octanol–water partition coefficient (Wildman–Crippen LogP) is 3.00. The van der Waals surface area contributed by atoms with E-state index in [-0.39, 0.29) is 23.1 Å². The van der Waals surface area contributed by atoms with Crippen molar-refractivity contribution in [1.29, 1.82) is 0 Å². The van der Waals surface area contributed by atoms with Gasteiger partial charge in [0.1, 0.15) is 0 Å². The average Bonchev–Trinajstić information content (AvgIpc) is 2.59. The van der Waals surface area contributed by atoms with Crippen molar-refractivity contribution in [3.63, 3.8) is 0 Å². The first-order chi connectivity index (χ1) is 12.2. The molecule has 2 rings (SSSR count). The maximum Gasteiger partial charge on any atom is 0.303 e. The van der Waals surface area contributed by atoms with Crippen molar-refractivity contribution in [3.05, 3.63) is 29.3 Å². The van der Waals surface area contributed by atoms with Gasteiger partial charge in [-0.1, -0.05) is 18.5 Å². The summed E-state index contributed by atoms with van der Waals surface area (Å²) in [6, 6.07) is 6.15. The minimum Gasteiger partial charge on any atom is -0.481 e. The van der Waals surface area contributed by atoms with Gasteiger partial charge in [0.15, 0.2) is 9.84 Å². The zero-order chi connectivity index (χ0) is 19.3. The van der Waals surface area contributed by atoms with Crippen LogP contribution in [0.2, 0.25) is 5.02 Å². The summed E-state index contributed by atoms with van der Waals surface area (Å²) in [5.41, 5.74) is 0. The standard InChI is InChI=1S/C18H24ClNO5S/c1-13(12-18(22)23)2-7-17(21)20-10-8-16(9-11-20)26(24,25)15-5-3-14(19)4-6-15/h3-6,13,16H,2,7-12H2,1H3,(H,22,23). The van der Waals surface area contributed by atoms with Gasteiger partial charge in [-0.2, -0.15) is 0 Å². The molecule has 0 aromatic heterocycles. The summed E-state index contributed by atoms with van der Waals surface area (Å²) in [6.07, 6.45) is 1.68. The monoisotopic (exact) mass is 401 g/mol. The maximum absolute atomic E-state index is 12.7. The van der Waals surface area contributed by atoms with Crippen molar-refractivity contribution in [2.24, 2.45) is 5.92 Å². The summed E-state index contributed by atoms with van der Waals surface area (Å²) in [5.74, 6) is -0.956. The van der Waals surface area contributed by atoms with E-state index >= 15 is 0 Å². The molecule has 1 atom stereocenters. The van der Waals surface area contributed by atoms with Crippen LogP contribution in [0.1, 0.15) is 39.0 Å². The van der Waals surface area contributed by atoms with Crippen molar-refractivity contribution in [1.82, 2.24) is 4.90 Å². The fourth-order valence-corrected chi connectivity index (χ4v) is 5.02. The molecule has 0 spiro atoms. The van der Waals surface area contributed by atoms with Crippen molar-refractivity contribution in [3.8, 4) is 0 Å². The van der Waals surface area contributed by atoms with Gasteiger partial charge in [0.2, 0.25) is 5.91 Å². The van der Waals surface area contributed by atoms with Crippen LogP contribution >= 0.6 is 11.6 Å². The van der Waals surface area contributed by atoms with Crippen LogP contribution in [-0.4, -0.2) is 48.6 Å². The topological polar surface area (TPSA) is 91.8 Å². The molecule has 1 aromatic rings. The first-order valence-corrected chi connectivity index (χ1v) is 10.6. The van der Waals surface area contributed by atoms with Gasteiger partial charge in [-0.05, 0) is 49.4 Å². The SMILES string of the molecule is CC(CCC(=O)N1CCC(S(=O)(=O)c2ccc(Cl)cc2)CC1)CC(=O)O. The number of nitrogens with zero attached hydrogens (tertiary/aromatic N) is 1. The molecule has 144 valence electrons. The van der Waals surface area contributed by atoms with E-state index in [1.807, 2.05) is 6.92 Å². The van der Waals surface area contributed by atoms with Crippen molar-refractivity contribution >= 4 is 33.3 Å². The number of carbonyl (C=O) groups is 2. The molecule has 6 nitrogen and oxygen atoms in total. The summed E-state index contributed by atoms with van der Waals surface area (Å²) < 4.78 is 25.4. The summed E-state index contributed by atoms with van der Waals surface area (Å²) in [7, 11) is -3.43. The van der Waals surface area contributed by atoms with Crippen molar-refractivity contribution in [2.45, 2.75) is 49.2 Å². The Morgan fingerprint density at radius 3 is 2.35 bits per heavy atom. The lowest BCUT2D eigenvalue weighted by molar-refractivity contribution is -0.138. The first-order valence-electron chi connectivity index (χ1n) is 8.69. The lowest BCUT2D eigenvalue weighted by Gasteiger charge is -2.32. The smallest absolute Gasteiger partial charge is 0.303 e. The number of hydrogen-bond donors (Lipinski definition) is 1. The third kappa shape index (κ3) is 5.45. The van der Waals surface area contributed by atoms with Crippen LogP contribution in [-0.2, 0) is 19.4 Å². The Kier molecular flexibility index (Phi) is 7.06. The molecule has 1 N–H and O–H groups in total. The summed E-state index contributed by atoms with van der Waals surface area (Å²) in [6.45, 7) is 2.62. The Hall–Kier alpha value is -1.60. The van der Waals surface area contributed by atoms with Crippen LogP contribution in [0.5, 0.6) is 0 Å². The van der Waals surface area contributed by atoms with E-state index < -0.39 is 21.1 Å². The van der Waals surface area contributed by atoms with Crippen molar-refractivity contribution in [2.75, 3.05) is 13.1 Å². The number of halogens is 1. The van der Waals surface area contributed by atoms with Gasteiger partial charge in [-0.15, -0.1) is 0 Å². The van der Waals surface area contributed by atoms with Gasteiger partial charge in [0, 0.05) is 31.0 Å². The molecule has 1 aliphatic rings. The predicted molar refractivity (Wildman–Crippen MR) is 98.9 cm³/mol. The van der Waals surface area contributed by atoms with E-state index in [9.17, 15) is 18.0 Å². The van der Waals surface area contributed by atoms with Gasteiger partial charge in [-0.3, -0.25) is 9.59 Å². The maximum atomic E-state index is 12.7. The average molecular weight is 402 g/mol. The molecular weight excluding hydrogens is 378 g/mol. The third-order valence-electron chi connectivity index (χ3n) is 4.75. The zero-order valence-electron chi connectivity index (χ0n) is 14.7. The number of sulfone groups is 1. The number of rotatable bonds is 7. The van der Waals surface area contributed by atoms with Crippen LogP contribution in [0.3, 0.4) is 0 Å². The van der Waals surface area contributed by atoms with Gasteiger partial charge in [0.05, 0.1) is 10.1 Å². The minimum absolute atomic E-state index is 0.0374. The molecule has 1 aliphatic heterocycles. The molecular formula is C18H24ClNO5S. The molecule has 1 heterocycles. The van der Waals surface area contributed by atoms with E-state index in [0.29, 0.717) is 43.8 Å². The zero-order valence-corrected chi connectivity index (χ0v) is 16.3. The van der Waals surface area contributed by atoms with E-state index in [4.69, 9.17) is 16.7 Å². The van der Waals surface area contributed by atoms with Crippen LogP contribution in [0, 0.1) is 5.92 Å². The normalized spacial score (nSPS) is 17.1. The van der Waals surface area contributed by atoms with E-state index in [1.54, 1.807) is 17.0 Å². The Morgan fingerprint density at radius 1 is 1.23 bits per heavy atom. The second-order valence-electron chi connectivity index (χ2n) is 6.82. The highest BCUT2D eigenvalue weighted by molar-refractivity contribution is 7.92. The fraction of sp³-hybridized carbons (Fsp3) is 0.556. The molecule has 1 unspecified atom stereocenters. The molecule has 1 aromatic carbocycles. The number of carboxylic acid groups (broad SMARTS) is 1. The lowest BCUT2D eigenvalue weighted by Crippen LogP contribution is -2.42. The highest BCUT2D eigenvalue weighted by atomic mass is 35.5. The Balaban J connectivity index is 1.87. The largest absolute Gasteiger partial charge is 0.481 e. The van der Waals surface area contributed by atoms with Crippen molar-refractivity contribution < 1.29 is 23.1 Å².